The van der Waals surface area contributed by atoms with Gasteiger partial charge in [0.25, 0.3) is 11.8 Å². The quantitative estimate of drug-likeness (QED) is 0.0648. The van der Waals surface area contributed by atoms with Crippen molar-refractivity contribution in [3.05, 3.63) is 332 Å². The van der Waals surface area contributed by atoms with Crippen molar-refractivity contribution in [3.8, 4) is 0 Å². The summed E-state index contributed by atoms with van der Waals surface area (Å²) in [5.74, 6) is 5.76. The maximum atomic E-state index is 11.7. The van der Waals surface area contributed by atoms with E-state index in [1.165, 1.54) is 118 Å². The first kappa shape index (κ1) is 100. The Hall–Kier alpha value is -12.5. The van der Waals surface area contributed by atoms with E-state index in [1.807, 2.05) is 74.7 Å². The number of amides is 6. The van der Waals surface area contributed by atoms with Crippen LogP contribution in [-0.4, -0.2) is 53.2 Å². The van der Waals surface area contributed by atoms with Crippen molar-refractivity contribution in [2.45, 2.75) is 288 Å². The molecule has 0 saturated heterocycles. The van der Waals surface area contributed by atoms with E-state index in [4.69, 9.17) is 4.42 Å². The van der Waals surface area contributed by atoms with Crippen molar-refractivity contribution in [1.29, 1.82) is 0 Å². The number of rotatable bonds is 10. The summed E-state index contributed by atoms with van der Waals surface area (Å²) in [4.78, 5) is 85.5. The van der Waals surface area contributed by atoms with E-state index in [0.29, 0.717) is 110 Å². The minimum absolute atomic E-state index is 0.0605. The lowest BCUT2D eigenvalue weighted by atomic mass is 9.84. The summed E-state index contributed by atoms with van der Waals surface area (Å²) < 4.78 is 4.95. The first-order chi connectivity index (χ1) is 62.8. The van der Waals surface area contributed by atoms with Gasteiger partial charge in [-0.15, -0.1) is 0 Å². The number of benzene rings is 10. The molecule has 6 amide bonds. The zero-order valence-corrected chi connectivity index (χ0v) is 82.0. The molecule has 0 bridgehead atoms. The standard InChI is InChI=1S/C13H17NO.3C12H15NO.C12H14.2C11H13NO.C11H15N.C11H13N.C10H11NO2/c1-8(2)9-5-6-11-10(7-9)13(3,4)12(15)14-11;1-8(2)9-3-5-11-10(7-9)4-6-12(14)13-11;1-8(2)9-3-4-10-7-13-12(14)6-11(10)5-9;1-8(2)9-3-4-10-6-12(14)13-7-11(10)5-9;1-9(2)11-7-6-10-4-3-5-12(10)8-11;1-7(2)8-3-4-10-9(5-8)6-12-11(10)13;1-7(2)8-3-4-9-6-12-11(13)10(9)5-8;2*1-8(2)9-3-4-11-10(7-9)5-6-12-11;1-6(2)7-3-4-8-9(5-7)13-10(12)11-8/h5-8H,1-4H3,(H,14,15);3,5,7-8H,4,6H2,1-2H3,(H,13,14);2*3-5,8H,6-7H2,1-2H3,(H,13,14);3-4,6-9H,5H2,1-2H3;2*3-5,7H,6H2,1-2H3,(H,12,13);3-4,7-8,12H,5-6H2,1-2H3;3-4,6-8H,5H2,1-2H3;3-6H,1-2H3,(H,11,12). The predicted octanol–water partition coefficient (Wildman–Crippen LogP) is 25.3. The molecule has 8 aliphatic heterocycles. The fraction of sp³-hybridized carbons (Fsp3) is 0.391. The van der Waals surface area contributed by atoms with Gasteiger partial charge in [-0.05, 0) is 263 Å². The second kappa shape index (κ2) is 45.6. The molecule has 17 heteroatoms. The van der Waals surface area contributed by atoms with Crippen molar-refractivity contribution in [3.63, 3.8) is 0 Å². The average Bonchev–Trinajstić information content (AvgIpc) is 1.62. The number of H-pyrrole nitrogens is 1. The average molecular weight is 1780 g/mol. The Morgan fingerprint density at radius 2 is 0.758 bits per heavy atom. The van der Waals surface area contributed by atoms with Crippen LogP contribution in [0.3, 0.4) is 0 Å². The highest BCUT2D eigenvalue weighted by Gasteiger charge is 2.38. The van der Waals surface area contributed by atoms with Crippen LogP contribution in [0.1, 0.15) is 361 Å². The highest BCUT2D eigenvalue weighted by atomic mass is 16.4. The minimum Gasteiger partial charge on any atom is -0.408 e. The second-order valence-corrected chi connectivity index (χ2v) is 39.4. The van der Waals surface area contributed by atoms with Gasteiger partial charge in [0.05, 0.1) is 29.5 Å². The van der Waals surface area contributed by atoms with E-state index in [9.17, 15) is 33.6 Å². The monoisotopic (exact) mass is 1780 g/mol. The molecule has 694 valence electrons. The van der Waals surface area contributed by atoms with Gasteiger partial charge in [-0.2, -0.15) is 0 Å². The number of aromatic nitrogens is 1. The summed E-state index contributed by atoms with van der Waals surface area (Å²) in [5, 5.41) is 20.5. The molecule has 0 radical (unpaired) electrons. The van der Waals surface area contributed by atoms with Gasteiger partial charge in [-0.25, -0.2) is 4.79 Å². The van der Waals surface area contributed by atoms with E-state index in [0.717, 1.165) is 76.2 Å². The van der Waals surface area contributed by atoms with Gasteiger partial charge in [0.1, 0.15) is 0 Å². The van der Waals surface area contributed by atoms with Crippen molar-refractivity contribution < 1.29 is 33.2 Å². The SMILES string of the molecule is CC(C)c1ccc2[nH]c(=O)oc2c1.CC(C)c1ccc2c(c1)C(=O)NC2.CC(C)c1ccc2c(c1)C(C)(C)C(=O)N2.CC(C)c1ccc2c(c1)CC(=O)NC2.CC(C)c1ccc2c(c1)CC=C2.CC(C)c1ccc2c(c1)CC=N2.CC(C)c1ccc2c(c1)CCC(=O)N2.CC(C)c1ccc2c(c1)CCN2.CC(C)c1ccc2c(c1)CNC(=O)C2.CC(C)c1ccc2c(c1)CNC2=O. The van der Waals surface area contributed by atoms with E-state index >= 15 is 0 Å². The van der Waals surface area contributed by atoms with Crippen molar-refractivity contribution in [2.24, 2.45) is 4.99 Å². The number of aromatic amines is 1. The Labute approximate surface area is 784 Å². The van der Waals surface area contributed by atoms with Crippen LogP contribution < -0.4 is 43.0 Å². The van der Waals surface area contributed by atoms with Crippen LogP contribution in [0, 0.1) is 0 Å². The molecule has 9 heterocycles. The maximum Gasteiger partial charge on any atom is 0.417 e. The van der Waals surface area contributed by atoms with Crippen LogP contribution in [0.25, 0.3) is 17.2 Å². The zero-order valence-electron chi connectivity index (χ0n) is 82.0. The third-order valence-electron chi connectivity index (χ3n) is 25.7. The molecule has 17 nitrogen and oxygen atoms in total. The van der Waals surface area contributed by atoms with Crippen molar-refractivity contribution in [1.82, 2.24) is 26.3 Å². The summed E-state index contributed by atoms with van der Waals surface area (Å²) in [6.07, 6.45) is 12.3. The Kier molecular flexibility index (Phi) is 34.5. The van der Waals surface area contributed by atoms with Gasteiger partial charge in [-0.3, -0.25) is 38.7 Å². The number of aliphatic imine (C=N–C) groups is 1. The lowest BCUT2D eigenvalue weighted by Gasteiger charge is -2.18. The molecule has 0 unspecified atom stereocenters. The molecule has 11 aromatic rings. The minimum atomic E-state index is -0.393. The molecule has 10 aromatic carbocycles. The molecule has 1 aromatic heterocycles. The Bertz CT molecular complexity index is 5920. The van der Waals surface area contributed by atoms with E-state index < -0.39 is 5.76 Å². The fourth-order valence-electron chi connectivity index (χ4n) is 16.6. The lowest BCUT2D eigenvalue weighted by Crippen LogP contribution is -2.30. The number of fused-ring (bicyclic) bond motifs is 10. The number of aryl methyl sites for hydroxylation is 1. The number of carbonyl (C=O) groups excluding carboxylic acids is 6. The summed E-state index contributed by atoms with van der Waals surface area (Å²) in [5.41, 5.74) is 35.8. The maximum absolute atomic E-state index is 11.7. The van der Waals surface area contributed by atoms with Gasteiger partial charge in [0, 0.05) is 80.0 Å². The number of oxazole rings is 1. The third kappa shape index (κ3) is 26.7. The molecule has 20 rings (SSSR count). The summed E-state index contributed by atoms with van der Waals surface area (Å²) in [7, 11) is 0. The lowest BCUT2D eigenvalue weighted by molar-refractivity contribution is -0.121. The normalized spacial score (nSPS) is 14.7. The summed E-state index contributed by atoms with van der Waals surface area (Å²) in [6.45, 7) is 51.4. The Balaban J connectivity index is 0.000000142. The molecule has 0 fully saturated rings. The van der Waals surface area contributed by atoms with Crippen LogP contribution in [0.5, 0.6) is 0 Å². The van der Waals surface area contributed by atoms with Gasteiger partial charge in [0.2, 0.25) is 23.6 Å². The Morgan fingerprint density at radius 1 is 0.326 bits per heavy atom. The molecule has 0 saturated carbocycles. The van der Waals surface area contributed by atoms with E-state index in [-0.39, 0.29) is 40.9 Å². The number of nitrogens with zero attached hydrogens (tertiary/aromatic N) is 1. The van der Waals surface area contributed by atoms with E-state index in [2.05, 4.69) is 325 Å². The third-order valence-corrected chi connectivity index (χ3v) is 25.7. The second-order valence-electron chi connectivity index (χ2n) is 39.4. The fourth-order valence-corrected chi connectivity index (χ4v) is 16.6. The number of nitrogens with one attached hydrogen (secondary N) is 8. The molecule has 0 atom stereocenters. The molecular weight excluding hydrogens is 1640 g/mol. The number of allylic oxidation sites excluding steroid dienone is 1. The molecule has 1 aliphatic carbocycles. The summed E-state index contributed by atoms with van der Waals surface area (Å²) in [6, 6.07) is 63.6. The van der Waals surface area contributed by atoms with Crippen molar-refractivity contribution in [2.75, 3.05) is 22.5 Å². The molecule has 0 spiro atoms. The van der Waals surface area contributed by atoms with Gasteiger partial charge >= 0.3 is 5.76 Å². The largest absolute Gasteiger partial charge is 0.417 e. The van der Waals surface area contributed by atoms with Gasteiger partial charge < -0.3 is 41.6 Å². The smallest absolute Gasteiger partial charge is 0.408 e. The van der Waals surface area contributed by atoms with Crippen LogP contribution in [-0.2, 0) is 89.3 Å². The molecular formula is C115H141N9O8. The summed E-state index contributed by atoms with van der Waals surface area (Å²) >= 11 is 0. The molecule has 132 heavy (non-hydrogen) atoms. The number of hydrogen-bond donors (Lipinski definition) is 8. The van der Waals surface area contributed by atoms with Gasteiger partial charge in [-0.1, -0.05) is 284 Å². The molecule has 8 N–H and O–H groups in total. The van der Waals surface area contributed by atoms with Crippen LogP contribution in [0.2, 0.25) is 0 Å². The highest BCUT2D eigenvalue weighted by molar-refractivity contribution is 6.06. The van der Waals surface area contributed by atoms with E-state index in [1.54, 1.807) is 0 Å². The number of carbonyl (C=O) groups is 6. The topological polar surface area (TPSA) is 245 Å². The van der Waals surface area contributed by atoms with Crippen LogP contribution in [0.15, 0.2) is 202 Å². The highest BCUT2D eigenvalue weighted by Crippen LogP contribution is 2.40. The number of hydrogen-bond acceptors (Lipinski definition) is 10. The predicted molar refractivity (Wildman–Crippen MR) is 545 cm³/mol. The van der Waals surface area contributed by atoms with Crippen LogP contribution in [0.4, 0.5) is 22.7 Å². The van der Waals surface area contributed by atoms with Gasteiger partial charge in [0.15, 0.2) is 5.58 Å². The van der Waals surface area contributed by atoms with Crippen molar-refractivity contribution >= 4 is 81.6 Å². The molecule has 9 aliphatic rings. The zero-order chi connectivity index (χ0) is 95.5. The first-order valence-electron chi connectivity index (χ1n) is 47.7. The first-order valence-corrected chi connectivity index (χ1v) is 47.7. The number of anilines is 3. The van der Waals surface area contributed by atoms with Crippen LogP contribution >= 0.6 is 0 Å². The Morgan fingerprint density at radius 3 is 1.36 bits per heavy atom.